The lowest BCUT2D eigenvalue weighted by Crippen LogP contribution is -2.55. The van der Waals surface area contributed by atoms with Crippen LogP contribution in [0.2, 0.25) is 5.02 Å². The number of nitrogens with zero attached hydrogens (tertiary/aromatic N) is 4. The summed E-state index contributed by atoms with van der Waals surface area (Å²) in [5.41, 5.74) is 1.31. The number of alkyl halides is 3. The number of hydrogen-bond acceptors (Lipinski definition) is 8. The van der Waals surface area contributed by atoms with Gasteiger partial charge in [-0.05, 0) is 43.9 Å². The second-order valence-electron chi connectivity index (χ2n) is 10.5. The number of carboxylic acid groups (broad SMARTS) is 1. The van der Waals surface area contributed by atoms with Crippen LogP contribution in [-0.4, -0.2) is 86.8 Å². The number of carbonyl (C=O) groups is 3. The molecule has 3 fully saturated rings. The van der Waals surface area contributed by atoms with Crippen molar-refractivity contribution in [1.82, 2.24) is 20.0 Å². The molecule has 228 valence electrons. The molecular formula is C28H28ClF3N6O4S. The highest BCUT2D eigenvalue weighted by atomic mass is 35.5. The van der Waals surface area contributed by atoms with Crippen molar-refractivity contribution in [3.63, 3.8) is 0 Å². The number of amides is 2. The lowest BCUT2D eigenvalue weighted by molar-refractivity contribution is -0.192. The summed E-state index contributed by atoms with van der Waals surface area (Å²) in [4.78, 5) is 40.0. The van der Waals surface area contributed by atoms with Crippen LogP contribution in [0.1, 0.15) is 36.0 Å². The molecule has 2 heterocycles. The minimum absolute atomic E-state index is 0.0431. The third kappa shape index (κ3) is 7.50. The maximum absolute atomic E-state index is 13.3. The quantitative estimate of drug-likeness (QED) is 0.331. The van der Waals surface area contributed by atoms with Gasteiger partial charge in [0.1, 0.15) is 10.5 Å². The van der Waals surface area contributed by atoms with Crippen molar-refractivity contribution >= 4 is 51.5 Å². The van der Waals surface area contributed by atoms with Gasteiger partial charge < -0.3 is 10.4 Å². The Balaban J connectivity index is 0.000000472. The smallest absolute Gasteiger partial charge is 0.475 e. The van der Waals surface area contributed by atoms with Gasteiger partial charge in [-0.15, -0.1) is 10.2 Å². The van der Waals surface area contributed by atoms with Gasteiger partial charge >= 0.3 is 12.1 Å². The van der Waals surface area contributed by atoms with E-state index in [0.29, 0.717) is 21.4 Å². The number of aromatic nitrogens is 2. The average molecular weight is 637 g/mol. The molecule has 1 saturated heterocycles. The number of carboxylic acids is 1. The molecule has 0 atom stereocenters. The molecule has 3 N–H and O–H groups in total. The second-order valence-corrected chi connectivity index (χ2v) is 11.9. The Bertz CT molecular complexity index is 1490. The number of nitrogens with one attached hydrogen (secondary N) is 2. The third-order valence-electron chi connectivity index (χ3n) is 7.51. The maximum Gasteiger partial charge on any atom is 0.490 e. The van der Waals surface area contributed by atoms with E-state index in [-0.39, 0.29) is 11.8 Å². The average Bonchev–Trinajstić information content (AvgIpc) is 3.92. The molecule has 1 aromatic heterocycles. The molecule has 1 aliphatic heterocycles. The minimum atomic E-state index is -5.08. The number of benzene rings is 2. The predicted molar refractivity (Wildman–Crippen MR) is 155 cm³/mol. The molecule has 2 saturated carbocycles. The Morgan fingerprint density at radius 1 is 0.977 bits per heavy atom. The van der Waals surface area contributed by atoms with E-state index in [1.807, 2.05) is 30.3 Å². The van der Waals surface area contributed by atoms with Crippen molar-refractivity contribution in [2.45, 2.75) is 43.4 Å². The van der Waals surface area contributed by atoms with Crippen LogP contribution in [-0.2, 0) is 9.59 Å². The molecule has 2 amide bonds. The van der Waals surface area contributed by atoms with Gasteiger partial charge in [-0.25, -0.2) is 4.79 Å². The molecule has 3 aromatic rings. The first kappa shape index (κ1) is 30.9. The highest BCUT2D eigenvalue weighted by Crippen LogP contribution is 2.44. The van der Waals surface area contributed by atoms with Crippen molar-refractivity contribution in [3.05, 3.63) is 59.1 Å². The number of aliphatic carboxylic acids is 1. The number of anilines is 2. The molecule has 0 unspecified atom stereocenters. The number of carbonyl (C=O) groups excluding carboxylic acids is 2. The summed E-state index contributed by atoms with van der Waals surface area (Å²) >= 11 is 7.71. The molecular weight excluding hydrogens is 609 g/mol. The van der Waals surface area contributed by atoms with E-state index in [4.69, 9.17) is 21.5 Å². The summed E-state index contributed by atoms with van der Waals surface area (Å²) in [5.74, 6) is -3.14. The van der Waals surface area contributed by atoms with Crippen LogP contribution in [0.4, 0.5) is 24.0 Å². The first-order valence-corrected chi connectivity index (χ1v) is 14.8. The number of halogens is 4. The molecule has 6 rings (SSSR count). The SMILES string of the molecule is O=C(Nc1nnc(-c2ccccc2)s1)c1ccc(Cl)c(NC(=O)C2(N3CCN(C4CC4)CC3)CC2)c1.O=C(O)C(F)(F)F. The summed E-state index contributed by atoms with van der Waals surface area (Å²) in [5, 5.41) is 22.7. The van der Waals surface area contributed by atoms with Crippen LogP contribution in [0.3, 0.4) is 0 Å². The van der Waals surface area contributed by atoms with Crippen LogP contribution in [0.25, 0.3) is 10.6 Å². The Morgan fingerprint density at radius 2 is 1.63 bits per heavy atom. The fraction of sp³-hybridized carbons (Fsp3) is 0.393. The number of rotatable bonds is 7. The normalized spacial score (nSPS) is 18.2. The number of piperazine rings is 1. The highest BCUT2D eigenvalue weighted by Gasteiger charge is 2.55. The fourth-order valence-corrected chi connectivity index (χ4v) is 5.81. The maximum atomic E-state index is 13.3. The van der Waals surface area contributed by atoms with Gasteiger partial charge in [0, 0.05) is 43.3 Å². The molecule has 2 aromatic carbocycles. The van der Waals surface area contributed by atoms with Crippen LogP contribution in [0, 0.1) is 0 Å². The lowest BCUT2D eigenvalue weighted by atomic mass is 10.1. The molecule has 3 aliphatic rings. The van der Waals surface area contributed by atoms with Crippen molar-refractivity contribution in [2.24, 2.45) is 0 Å². The summed E-state index contributed by atoms with van der Waals surface area (Å²) < 4.78 is 31.7. The third-order valence-corrected chi connectivity index (χ3v) is 8.73. The van der Waals surface area contributed by atoms with Gasteiger partial charge in [0.05, 0.1) is 10.7 Å². The summed E-state index contributed by atoms with van der Waals surface area (Å²) in [6.07, 6.45) is -0.774. The zero-order valence-electron chi connectivity index (χ0n) is 22.7. The van der Waals surface area contributed by atoms with E-state index in [2.05, 4.69) is 30.6 Å². The van der Waals surface area contributed by atoms with Crippen LogP contribution < -0.4 is 10.6 Å². The Morgan fingerprint density at radius 3 is 2.21 bits per heavy atom. The van der Waals surface area contributed by atoms with Crippen LogP contribution in [0.5, 0.6) is 0 Å². The second kappa shape index (κ2) is 12.6. The zero-order valence-corrected chi connectivity index (χ0v) is 24.3. The van der Waals surface area contributed by atoms with Gasteiger partial charge in [-0.3, -0.25) is 24.7 Å². The highest BCUT2D eigenvalue weighted by molar-refractivity contribution is 7.18. The van der Waals surface area contributed by atoms with Gasteiger partial charge in [0.25, 0.3) is 5.91 Å². The molecule has 43 heavy (non-hydrogen) atoms. The van der Waals surface area contributed by atoms with Crippen molar-refractivity contribution in [1.29, 1.82) is 0 Å². The van der Waals surface area contributed by atoms with E-state index < -0.39 is 17.7 Å². The van der Waals surface area contributed by atoms with Crippen molar-refractivity contribution in [2.75, 3.05) is 36.8 Å². The largest absolute Gasteiger partial charge is 0.490 e. The van der Waals surface area contributed by atoms with Gasteiger partial charge in [0.15, 0.2) is 0 Å². The lowest BCUT2D eigenvalue weighted by Gasteiger charge is -2.39. The van der Waals surface area contributed by atoms with Crippen LogP contribution in [0.15, 0.2) is 48.5 Å². The monoisotopic (exact) mass is 636 g/mol. The summed E-state index contributed by atoms with van der Waals surface area (Å²) in [6.45, 7) is 3.86. The molecule has 0 bridgehead atoms. The van der Waals surface area contributed by atoms with E-state index in [0.717, 1.165) is 55.6 Å². The predicted octanol–water partition coefficient (Wildman–Crippen LogP) is 5.00. The summed E-state index contributed by atoms with van der Waals surface area (Å²) in [6, 6.07) is 15.3. The fourth-order valence-electron chi connectivity index (χ4n) is 4.90. The van der Waals surface area contributed by atoms with Crippen LogP contribution >= 0.6 is 22.9 Å². The molecule has 0 radical (unpaired) electrons. The molecule has 2 aliphatic carbocycles. The van der Waals surface area contributed by atoms with Crippen molar-refractivity contribution < 1.29 is 32.7 Å². The van der Waals surface area contributed by atoms with Gasteiger partial charge in [-0.1, -0.05) is 53.3 Å². The standard InChI is InChI=1S/C26H27ClN6O2S.C2HF3O2/c27-20-9-6-18(22(34)29-25-31-30-23(36-25)17-4-2-1-3-5-17)16-21(20)28-24(35)26(10-11-26)33-14-12-32(13-15-33)19-7-8-19;3-2(4,5)1(6)7/h1-6,9,16,19H,7-8,10-15H2,(H,28,35)(H,29,31,34);(H,6,7). The minimum Gasteiger partial charge on any atom is -0.475 e. The molecule has 10 nitrogen and oxygen atoms in total. The van der Waals surface area contributed by atoms with E-state index in [1.54, 1.807) is 18.2 Å². The zero-order chi connectivity index (χ0) is 30.8. The topological polar surface area (TPSA) is 128 Å². The number of hydrogen-bond donors (Lipinski definition) is 3. The first-order chi connectivity index (χ1) is 20.5. The first-order valence-electron chi connectivity index (χ1n) is 13.6. The Labute approximate surface area is 253 Å². The van der Waals surface area contributed by atoms with Gasteiger partial charge in [0.2, 0.25) is 11.0 Å². The summed E-state index contributed by atoms with van der Waals surface area (Å²) in [7, 11) is 0. The molecule has 15 heteroatoms. The molecule has 0 spiro atoms. The van der Waals surface area contributed by atoms with E-state index >= 15 is 0 Å². The van der Waals surface area contributed by atoms with E-state index in [1.165, 1.54) is 24.2 Å². The van der Waals surface area contributed by atoms with Gasteiger partial charge in [-0.2, -0.15) is 13.2 Å². The Hall–Kier alpha value is -3.59. The van der Waals surface area contributed by atoms with Crippen molar-refractivity contribution in [3.8, 4) is 10.6 Å². The Kier molecular flexibility index (Phi) is 9.02. The van der Waals surface area contributed by atoms with E-state index in [9.17, 15) is 22.8 Å².